The molecule has 0 radical (unpaired) electrons. The monoisotopic (exact) mass is 376 g/mol. The van der Waals surface area contributed by atoms with Crippen molar-refractivity contribution in [2.75, 3.05) is 5.88 Å². The molecule has 2 rings (SSSR count). The third kappa shape index (κ3) is 2.86. The summed E-state index contributed by atoms with van der Waals surface area (Å²) in [5.41, 5.74) is -0.798. The van der Waals surface area contributed by atoms with E-state index in [1.165, 1.54) is 6.07 Å². The van der Waals surface area contributed by atoms with Gasteiger partial charge in [0.1, 0.15) is 11.4 Å². The lowest BCUT2D eigenvalue weighted by Crippen LogP contribution is -2.29. The standard InChI is InChI=1S/C15H12BrCl2FO/c16-12-7-6-11(14(19)13(12)18)15(20,8-9-17)10-4-2-1-3-5-10/h1-7,20H,8-9H2. The molecule has 2 aromatic carbocycles. The highest BCUT2D eigenvalue weighted by molar-refractivity contribution is 9.10. The molecule has 0 spiro atoms. The van der Waals surface area contributed by atoms with Crippen molar-refractivity contribution in [3.63, 3.8) is 0 Å². The minimum absolute atomic E-state index is 0.0496. The van der Waals surface area contributed by atoms with E-state index >= 15 is 0 Å². The van der Waals surface area contributed by atoms with Gasteiger partial charge in [0.15, 0.2) is 0 Å². The maximum Gasteiger partial charge on any atom is 0.149 e. The third-order valence-corrected chi connectivity index (χ3v) is 4.64. The Bertz CT molecular complexity index is 606. The van der Waals surface area contributed by atoms with Crippen LogP contribution in [0.4, 0.5) is 4.39 Å². The van der Waals surface area contributed by atoms with Gasteiger partial charge in [-0.3, -0.25) is 0 Å². The Hall–Kier alpha value is -0.610. The molecular weight excluding hydrogens is 366 g/mol. The van der Waals surface area contributed by atoms with Crippen LogP contribution < -0.4 is 0 Å². The number of hydrogen-bond acceptors (Lipinski definition) is 1. The van der Waals surface area contributed by atoms with Crippen molar-refractivity contribution in [3.05, 3.63) is 68.9 Å². The van der Waals surface area contributed by atoms with Gasteiger partial charge in [-0.05, 0) is 34.0 Å². The van der Waals surface area contributed by atoms with Gasteiger partial charge in [0.2, 0.25) is 0 Å². The van der Waals surface area contributed by atoms with Crippen LogP contribution in [0.15, 0.2) is 46.9 Å². The van der Waals surface area contributed by atoms with Crippen molar-refractivity contribution < 1.29 is 9.50 Å². The smallest absolute Gasteiger partial charge is 0.149 e. The first-order valence-corrected chi connectivity index (χ1v) is 7.69. The average Bonchev–Trinajstić information content (AvgIpc) is 2.46. The summed E-state index contributed by atoms with van der Waals surface area (Å²) in [6.45, 7) is 0. The molecule has 1 unspecified atom stereocenters. The number of hydrogen-bond donors (Lipinski definition) is 1. The summed E-state index contributed by atoms with van der Waals surface area (Å²) >= 11 is 14.9. The van der Waals surface area contributed by atoms with Crippen LogP contribution in [-0.2, 0) is 5.60 Å². The van der Waals surface area contributed by atoms with Crippen LogP contribution in [0.25, 0.3) is 0 Å². The van der Waals surface area contributed by atoms with Crippen LogP contribution in [0, 0.1) is 5.82 Å². The Morgan fingerprint density at radius 2 is 1.80 bits per heavy atom. The van der Waals surface area contributed by atoms with Crippen molar-refractivity contribution in [1.82, 2.24) is 0 Å². The second-order valence-corrected chi connectivity index (χ2v) is 6.00. The first kappa shape index (κ1) is 15.8. The molecule has 1 nitrogen and oxygen atoms in total. The predicted molar refractivity (Wildman–Crippen MR) is 83.9 cm³/mol. The van der Waals surface area contributed by atoms with E-state index in [0.29, 0.717) is 10.0 Å². The second-order valence-electron chi connectivity index (χ2n) is 4.39. The normalized spacial score (nSPS) is 14.1. The third-order valence-electron chi connectivity index (χ3n) is 3.19. The Balaban J connectivity index is 2.63. The fourth-order valence-electron chi connectivity index (χ4n) is 2.13. The minimum Gasteiger partial charge on any atom is -0.380 e. The largest absolute Gasteiger partial charge is 0.380 e. The van der Waals surface area contributed by atoms with Crippen LogP contribution in [0.3, 0.4) is 0 Å². The fourth-order valence-corrected chi connectivity index (χ4v) is 2.87. The molecule has 0 aliphatic carbocycles. The molecule has 1 N–H and O–H groups in total. The van der Waals surface area contributed by atoms with Gasteiger partial charge >= 0.3 is 0 Å². The van der Waals surface area contributed by atoms with Gasteiger partial charge in [0, 0.05) is 15.9 Å². The highest BCUT2D eigenvalue weighted by Gasteiger charge is 2.34. The molecule has 0 fully saturated rings. The number of alkyl halides is 1. The molecule has 0 aromatic heterocycles. The van der Waals surface area contributed by atoms with Gasteiger partial charge in [-0.25, -0.2) is 4.39 Å². The molecule has 0 amide bonds. The lowest BCUT2D eigenvalue weighted by molar-refractivity contribution is 0.0735. The first-order valence-electron chi connectivity index (χ1n) is 5.98. The SMILES string of the molecule is OC(CCCl)(c1ccccc1)c1ccc(Br)c(Cl)c1F. The predicted octanol–water partition coefficient (Wildman–Crippen LogP) is 5.11. The summed E-state index contributed by atoms with van der Waals surface area (Å²) in [6.07, 6.45) is 0.188. The highest BCUT2D eigenvalue weighted by Crippen LogP contribution is 2.38. The van der Waals surface area contributed by atoms with Crippen molar-refractivity contribution in [1.29, 1.82) is 0 Å². The van der Waals surface area contributed by atoms with E-state index in [4.69, 9.17) is 23.2 Å². The Morgan fingerprint density at radius 3 is 2.40 bits per heavy atom. The average molecular weight is 378 g/mol. The Kier molecular flexibility index (Phi) is 5.08. The molecule has 0 saturated carbocycles. The number of benzene rings is 2. The summed E-state index contributed by atoms with van der Waals surface area (Å²) in [7, 11) is 0. The molecular formula is C15H12BrCl2FO. The summed E-state index contributed by atoms with van der Waals surface area (Å²) in [4.78, 5) is 0. The lowest BCUT2D eigenvalue weighted by Gasteiger charge is -2.29. The number of aliphatic hydroxyl groups is 1. The van der Waals surface area contributed by atoms with Gasteiger partial charge in [0.05, 0.1) is 5.02 Å². The zero-order chi connectivity index (χ0) is 14.8. The molecule has 20 heavy (non-hydrogen) atoms. The van der Waals surface area contributed by atoms with Gasteiger partial charge in [0.25, 0.3) is 0 Å². The van der Waals surface area contributed by atoms with Crippen LogP contribution in [-0.4, -0.2) is 11.0 Å². The Labute approximate surface area is 135 Å². The van der Waals surface area contributed by atoms with Gasteiger partial charge in [-0.1, -0.05) is 48.0 Å². The summed E-state index contributed by atoms with van der Waals surface area (Å²) in [5.74, 6) is -0.448. The van der Waals surface area contributed by atoms with Crippen molar-refractivity contribution >= 4 is 39.1 Å². The van der Waals surface area contributed by atoms with Gasteiger partial charge in [-0.15, -0.1) is 11.6 Å². The molecule has 0 aliphatic heterocycles. The van der Waals surface area contributed by atoms with Gasteiger partial charge in [-0.2, -0.15) is 0 Å². The summed E-state index contributed by atoms with van der Waals surface area (Å²) < 4.78 is 14.8. The summed E-state index contributed by atoms with van der Waals surface area (Å²) in [6, 6.07) is 12.0. The van der Waals surface area contributed by atoms with Crippen molar-refractivity contribution in [2.45, 2.75) is 12.0 Å². The zero-order valence-electron chi connectivity index (χ0n) is 10.4. The molecule has 106 valence electrons. The topological polar surface area (TPSA) is 20.2 Å². The van der Waals surface area contributed by atoms with Gasteiger partial charge < -0.3 is 5.11 Å². The lowest BCUT2D eigenvalue weighted by atomic mass is 9.84. The van der Waals surface area contributed by atoms with Crippen molar-refractivity contribution in [3.8, 4) is 0 Å². The Morgan fingerprint density at radius 1 is 1.15 bits per heavy atom. The summed E-state index contributed by atoms with van der Waals surface area (Å²) in [5, 5.41) is 10.9. The molecule has 0 saturated heterocycles. The van der Waals surface area contributed by atoms with E-state index in [9.17, 15) is 9.50 Å². The van der Waals surface area contributed by atoms with E-state index in [1.807, 2.05) is 6.07 Å². The molecule has 1 atom stereocenters. The van der Waals surface area contributed by atoms with E-state index in [2.05, 4.69) is 15.9 Å². The van der Waals surface area contributed by atoms with Crippen LogP contribution in [0.5, 0.6) is 0 Å². The fraction of sp³-hybridized carbons (Fsp3) is 0.200. The molecule has 0 aliphatic rings. The van der Waals surface area contributed by atoms with E-state index in [1.54, 1.807) is 30.3 Å². The van der Waals surface area contributed by atoms with E-state index in [-0.39, 0.29) is 22.9 Å². The van der Waals surface area contributed by atoms with Crippen LogP contribution >= 0.6 is 39.1 Å². The van der Waals surface area contributed by atoms with Crippen LogP contribution in [0.1, 0.15) is 17.5 Å². The molecule has 0 heterocycles. The maximum atomic E-state index is 14.4. The number of halogens is 4. The molecule has 0 bridgehead atoms. The molecule has 2 aromatic rings. The quantitative estimate of drug-likeness (QED) is 0.580. The van der Waals surface area contributed by atoms with Crippen molar-refractivity contribution in [2.24, 2.45) is 0 Å². The first-order chi connectivity index (χ1) is 9.50. The van der Waals surface area contributed by atoms with E-state index < -0.39 is 11.4 Å². The molecule has 5 heteroatoms. The van der Waals surface area contributed by atoms with Crippen LogP contribution in [0.2, 0.25) is 5.02 Å². The zero-order valence-corrected chi connectivity index (χ0v) is 13.5. The maximum absolute atomic E-state index is 14.4. The minimum atomic E-state index is -1.50. The highest BCUT2D eigenvalue weighted by atomic mass is 79.9. The second kappa shape index (κ2) is 6.44. The van der Waals surface area contributed by atoms with E-state index in [0.717, 1.165) is 0 Å². The number of rotatable bonds is 4.